The number of Topliss-reactive ketones (excluding diaryl/α,β-unsaturated/α-hetero) is 1. The van der Waals surface area contributed by atoms with Gasteiger partial charge < -0.3 is 34.0 Å². The minimum atomic E-state index is -1.11. The average molecular weight is 617 g/mol. The third-order valence-corrected chi connectivity index (χ3v) is 5.30. The summed E-state index contributed by atoms with van der Waals surface area (Å²) in [5.41, 5.74) is 0.527. The van der Waals surface area contributed by atoms with Crippen molar-refractivity contribution in [2.45, 2.75) is 52.7 Å². The highest BCUT2D eigenvalue weighted by Crippen LogP contribution is 2.24. The van der Waals surface area contributed by atoms with Gasteiger partial charge in [-0.3, -0.25) is 19.2 Å². The summed E-state index contributed by atoms with van der Waals surface area (Å²) in [7, 11) is 0. The Morgan fingerprint density at radius 1 is 1.00 bits per heavy atom. The van der Waals surface area contributed by atoms with Crippen LogP contribution in [-0.4, -0.2) is 97.2 Å². The lowest BCUT2D eigenvalue weighted by molar-refractivity contribution is -0.767. The molecule has 0 aliphatic rings. The van der Waals surface area contributed by atoms with Gasteiger partial charge >= 0.3 is 5.97 Å². The molecule has 0 saturated carbocycles. The fourth-order valence-electron chi connectivity index (χ4n) is 3.42. The Morgan fingerprint density at radius 2 is 1.70 bits per heavy atom. The molecule has 0 heterocycles. The minimum Gasteiger partial charge on any atom is -0.489 e. The van der Waals surface area contributed by atoms with E-state index in [1.54, 1.807) is 13.8 Å². The number of nitrogens with zero attached hydrogens (tertiary/aromatic N) is 3. The summed E-state index contributed by atoms with van der Waals surface area (Å²) < 4.78 is 21.1. The zero-order valence-corrected chi connectivity index (χ0v) is 24.3. The van der Waals surface area contributed by atoms with Crippen LogP contribution in [0.25, 0.3) is 0 Å². The molecule has 240 valence electrons. The molecular weight excluding hydrogens is 580 g/mol. The monoisotopic (exact) mass is 616 g/mol. The summed E-state index contributed by atoms with van der Waals surface area (Å²) in [5, 5.41) is 21.1. The van der Waals surface area contributed by atoms with E-state index >= 15 is 0 Å². The molecule has 43 heavy (non-hydrogen) atoms. The first-order valence-corrected chi connectivity index (χ1v) is 13.1. The molecule has 2 amide bonds. The molecule has 18 heteroatoms. The maximum atomic E-state index is 12.8. The summed E-state index contributed by atoms with van der Waals surface area (Å²) in [5.74, 6) is -1.96. The van der Waals surface area contributed by atoms with Crippen LogP contribution in [0.3, 0.4) is 0 Å². The van der Waals surface area contributed by atoms with Gasteiger partial charge in [-0.05, 0) is 45.4 Å². The van der Waals surface area contributed by atoms with Crippen molar-refractivity contribution in [1.82, 2.24) is 4.90 Å². The molecule has 1 aromatic rings. The van der Waals surface area contributed by atoms with Crippen molar-refractivity contribution in [2.24, 2.45) is 0 Å². The molecule has 1 aromatic carbocycles. The highest BCUT2D eigenvalue weighted by Gasteiger charge is 2.26. The first-order valence-electron chi connectivity index (χ1n) is 13.1. The lowest BCUT2D eigenvalue weighted by Gasteiger charge is -2.30. The van der Waals surface area contributed by atoms with Crippen molar-refractivity contribution in [3.8, 4) is 5.75 Å². The van der Waals surface area contributed by atoms with E-state index in [-0.39, 0.29) is 42.8 Å². The van der Waals surface area contributed by atoms with Gasteiger partial charge in [0.1, 0.15) is 32.2 Å². The Hall–Kier alpha value is -4.58. The van der Waals surface area contributed by atoms with Crippen LogP contribution in [0.5, 0.6) is 5.75 Å². The van der Waals surface area contributed by atoms with E-state index in [9.17, 15) is 39.4 Å². The first-order chi connectivity index (χ1) is 20.3. The molecule has 0 bridgehead atoms. The predicted octanol–water partition coefficient (Wildman–Crippen LogP) is 1.56. The van der Waals surface area contributed by atoms with Crippen LogP contribution in [0.1, 0.15) is 50.9 Å². The maximum Gasteiger partial charge on any atom is 0.332 e. The fourth-order valence-corrected chi connectivity index (χ4v) is 3.42. The van der Waals surface area contributed by atoms with Gasteiger partial charge in [0.2, 0.25) is 11.8 Å². The number of esters is 1. The number of hydrogen-bond donors (Lipinski definition) is 1. The molecule has 0 aromatic heterocycles. The van der Waals surface area contributed by atoms with Crippen LogP contribution in [0.2, 0.25) is 0 Å². The van der Waals surface area contributed by atoms with Crippen LogP contribution in [0.4, 0.5) is 5.69 Å². The summed E-state index contributed by atoms with van der Waals surface area (Å²) in [6.45, 7) is 3.31. The Labute approximate surface area is 246 Å². The van der Waals surface area contributed by atoms with E-state index in [4.69, 9.17) is 18.9 Å². The van der Waals surface area contributed by atoms with Crippen LogP contribution in [0.15, 0.2) is 18.2 Å². The smallest absolute Gasteiger partial charge is 0.332 e. The summed E-state index contributed by atoms with van der Waals surface area (Å²) in [6, 6.07) is 4.00. The van der Waals surface area contributed by atoms with Gasteiger partial charge in [-0.25, -0.2) is 4.79 Å². The number of amides is 2. The molecule has 0 saturated heterocycles. The third-order valence-electron chi connectivity index (χ3n) is 5.30. The van der Waals surface area contributed by atoms with Crippen LogP contribution in [0, 0.1) is 20.2 Å². The van der Waals surface area contributed by atoms with Crippen LogP contribution in [-0.2, 0) is 38.3 Å². The number of carbonyl (C=O) groups excluding carboxylic acids is 4. The number of nitrogens with one attached hydrogen (secondary N) is 1. The van der Waals surface area contributed by atoms with Crippen molar-refractivity contribution in [2.75, 3.05) is 51.7 Å². The van der Waals surface area contributed by atoms with Crippen molar-refractivity contribution < 1.29 is 58.0 Å². The van der Waals surface area contributed by atoms with E-state index in [0.717, 1.165) is 0 Å². The molecule has 1 unspecified atom stereocenters. The third kappa shape index (κ3) is 15.3. The van der Waals surface area contributed by atoms with E-state index < -0.39 is 60.8 Å². The number of anilines is 1. The molecule has 0 aliphatic heterocycles. The Balaban J connectivity index is 3.04. The number of ether oxygens (including phenoxy) is 4. The number of ketones is 1. The fraction of sp³-hybridized carbons (Fsp3) is 0.600. The van der Waals surface area contributed by atoms with E-state index in [0.29, 0.717) is 18.5 Å². The molecule has 0 spiro atoms. The van der Waals surface area contributed by atoms with Gasteiger partial charge in [-0.15, -0.1) is 20.2 Å². The van der Waals surface area contributed by atoms with Crippen LogP contribution >= 0.6 is 0 Å². The quantitative estimate of drug-likeness (QED) is 0.0487. The van der Waals surface area contributed by atoms with Crippen molar-refractivity contribution in [1.29, 1.82) is 0 Å². The summed E-state index contributed by atoms with van der Waals surface area (Å²) >= 11 is 0. The van der Waals surface area contributed by atoms with Gasteiger partial charge in [0.05, 0.1) is 18.7 Å². The van der Waals surface area contributed by atoms with Gasteiger partial charge in [0, 0.05) is 18.2 Å². The second-order valence-corrected chi connectivity index (χ2v) is 9.06. The van der Waals surface area contributed by atoms with Crippen molar-refractivity contribution in [3.63, 3.8) is 0 Å². The zero-order chi connectivity index (χ0) is 32.4. The summed E-state index contributed by atoms with van der Waals surface area (Å²) in [6.07, 6.45) is -0.179. The van der Waals surface area contributed by atoms with Gasteiger partial charge in [-0.2, -0.15) is 0 Å². The lowest BCUT2D eigenvalue weighted by atomic mass is 10.1. The Kier molecular flexibility index (Phi) is 16.5. The van der Waals surface area contributed by atoms with Gasteiger partial charge in [0.15, 0.2) is 18.7 Å². The summed E-state index contributed by atoms with van der Waals surface area (Å²) in [4.78, 5) is 79.4. The van der Waals surface area contributed by atoms with Crippen LogP contribution < -0.4 is 10.1 Å². The molecule has 1 rings (SSSR count). The number of benzene rings is 1. The largest absolute Gasteiger partial charge is 0.489 e. The molecule has 1 N–H and O–H groups in total. The van der Waals surface area contributed by atoms with E-state index in [2.05, 4.69) is 15.0 Å². The number of hydrogen-bond acceptors (Lipinski definition) is 14. The zero-order valence-electron chi connectivity index (χ0n) is 24.3. The molecule has 0 radical (unpaired) electrons. The second kappa shape index (κ2) is 19.5. The first kappa shape index (κ1) is 36.4. The molecule has 0 fully saturated rings. The number of rotatable bonds is 22. The second-order valence-electron chi connectivity index (χ2n) is 9.06. The van der Waals surface area contributed by atoms with E-state index in [1.165, 1.54) is 30.0 Å². The molecule has 1 atom stereocenters. The van der Waals surface area contributed by atoms with Gasteiger partial charge in [0.25, 0.3) is 10.2 Å². The molecule has 18 nitrogen and oxygen atoms in total. The Bertz CT molecular complexity index is 1110. The number of carbonyl (C=O) groups is 4. The normalized spacial score (nSPS) is 11.3. The van der Waals surface area contributed by atoms with Crippen molar-refractivity contribution >= 4 is 29.3 Å². The maximum absolute atomic E-state index is 12.8. The van der Waals surface area contributed by atoms with E-state index in [1.807, 2.05) is 6.92 Å². The SMILES string of the molecule is CCCC(=O)Nc1ccc(OCC(CN(C(=O)COCO[N+](=O)[O-])C(C)C)OC(=O)COCCO[N+](=O)[O-])c(C(C)=O)c1. The van der Waals surface area contributed by atoms with Gasteiger partial charge in [-0.1, -0.05) is 6.92 Å². The Morgan fingerprint density at radius 3 is 2.30 bits per heavy atom. The topological polar surface area (TPSA) is 225 Å². The lowest BCUT2D eigenvalue weighted by Crippen LogP contribution is -2.47. The standard InChI is InChI=1S/C25H36N4O14/c1-5-6-23(31)26-19-7-8-22(21(11-19)18(4)30)40-13-20(43-25(33)15-38-9-10-41-28(34)35)12-27(17(2)3)24(32)14-39-16-42-29(36)37/h7-8,11,17,20H,5-6,9-10,12-16H2,1-4H3,(H,26,31). The van der Waals surface area contributed by atoms with Crippen molar-refractivity contribution in [3.05, 3.63) is 44.0 Å². The predicted molar refractivity (Wildman–Crippen MR) is 145 cm³/mol. The highest BCUT2D eigenvalue weighted by molar-refractivity contribution is 5.99. The minimum absolute atomic E-state index is 0.123. The molecular formula is C25H36N4O14. The molecule has 0 aliphatic carbocycles. The highest BCUT2D eigenvalue weighted by atomic mass is 17.0. The average Bonchev–Trinajstić information content (AvgIpc) is 2.92.